The van der Waals surface area contributed by atoms with E-state index in [1.165, 1.54) is 0 Å². The van der Waals surface area contributed by atoms with Gasteiger partial charge in [-0.3, -0.25) is 4.79 Å². The van der Waals surface area contributed by atoms with E-state index in [1.54, 1.807) is 11.3 Å². The van der Waals surface area contributed by atoms with Crippen LogP contribution in [0.15, 0.2) is 46.9 Å². The second kappa shape index (κ2) is 7.86. The number of hydrogen-bond acceptors (Lipinski definition) is 5. The zero-order valence-corrected chi connectivity index (χ0v) is 17.4. The minimum Gasteiger partial charge on any atom is -0.494 e. The van der Waals surface area contributed by atoms with Gasteiger partial charge in [0.2, 0.25) is 0 Å². The van der Waals surface area contributed by atoms with Crippen molar-refractivity contribution in [1.29, 1.82) is 0 Å². The molecule has 0 aliphatic carbocycles. The molecule has 2 heterocycles. The van der Waals surface area contributed by atoms with E-state index in [4.69, 9.17) is 9.72 Å². The van der Waals surface area contributed by atoms with Crippen molar-refractivity contribution >= 4 is 48.5 Å². The van der Waals surface area contributed by atoms with Gasteiger partial charge in [0.15, 0.2) is 5.13 Å². The Morgan fingerprint density at radius 3 is 2.59 bits per heavy atom. The maximum atomic E-state index is 12.7. The van der Waals surface area contributed by atoms with Gasteiger partial charge in [-0.1, -0.05) is 27.3 Å². The number of hydrogen-bond donors (Lipinski definition) is 0. The molecule has 1 aliphatic heterocycles. The summed E-state index contributed by atoms with van der Waals surface area (Å²) < 4.78 is 7.68. The first kappa shape index (κ1) is 18.3. The van der Waals surface area contributed by atoms with Crippen molar-refractivity contribution in [1.82, 2.24) is 9.88 Å². The molecule has 0 saturated carbocycles. The van der Waals surface area contributed by atoms with E-state index in [1.807, 2.05) is 54.3 Å². The first-order valence-corrected chi connectivity index (χ1v) is 10.6. The number of nitrogens with zero attached hydrogens (tertiary/aromatic N) is 3. The molecule has 0 atom stereocenters. The molecule has 1 saturated heterocycles. The molecular weight excluding hydrogens is 426 g/mol. The number of aromatic nitrogens is 1. The number of benzene rings is 2. The number of amides is 1. The maximum Gasteiger partial charge on any atom is 0.253 e. The molecule has 0 radical (unpaired) electrons. The fraction of sp³-hybridized carbons (Fsp3) is 0.300. The molecule has 140 valence electrons. The average Bonchev–Trinajstić information content (AvgIpc) is 3.12. The van der Waals surface area contributed by atoms with Crippen LogP contribution < -0.4 is 9.64 Å². The Morgan fingerprint density at radius 1 is 1.15 bits per heavy atom. The molecule has 0 N–H and O–H groups in total. The summed E-state index contributed by atoms with van der Waals surface area (Å²) in [7, 11) is 0. The summed E-state index contributed by atoms with van der Waals surface area (Å²) in [6.45, 7) is 5.63. The van der Waals surface area contributed by atoms with Crippen LogP contribution in [0.1, 0.15) is 17.3 Å². The molecule has 0 unspecified atom stereocenters. The van der Waals surface area contributed by atoms with Gasteiger partial charge in [-0.2, -0.15) is 0 Å². The lowest BCUT2D eigenvalue weighted by Crippen LogP contribution is -2.48. The van der Waals surface area contributed by atoms with E-state index >= 15 is 0 Å². The van der Waals surface area contributed by atoms with Gasteiger partial charge in [-0.15, -0.1) is 0 Å². The Bertz CT molecular complexity index is 950. The molecule has 0 bridgehead atoms. The van der Waals surface area contributed by atoms with Crippen LogP contribution in [0.3, 0.4) is 0 Å². The topological polar surface area (TPSA) is 45.7 Å². The molecular formula is C20H20BrN3O2S. The Hall–Kier alpha value is -2.12. The average molecular weight is 446 g/mol. The monoisotopic (exact) mass is 445 g/mol. The molecule has 7 heteroatoms. The van der Waals surface area contributed by atoms with Crippen molar-refractivity contribution in [3.05, 3.63) is 52.5 Å². The van der Waals surface area contributed by atoms with Crippen molar-refractivity contribution in [2.75, 3.05) is 37.7 Å². The maximum absolute atomic E-state index is 12.7. The van der Waals surface area contributed by atoms with Crippen molar-refractivity contribution in [2.24, 2.45) is 0 Å². The number of piperazine rings is 1. The highest BCUT2D eigenvalue weighted by molar-refractivity contribution is 9.10. The van der Waals surface area contributed by atoms with Gasteiger partial charge in [-0.25, -0.2) is 4.98 Å². The lowest BCUT2D eigenvalue weighted by atomic mass is 10.2. The lowest BCUT2D eigenvalue weighted by Gasteiger charge is -2.34. The number of ether oxygens (including phenoxy) is 1. The highest BCUT2D eigenvalue weighted by atomic mass is 79.9. The van der Waals surface area contributed by atoms with Crippen molar-refractivity contribution in [2.45, 2.75) is 6.92 Å². The molecule has 2 aromatic carbocycles. The molecule has 5 nitrogen and oxygen atoms in total. The van der Waals surface area contributed by atoms with Gasteiger partial charge in [0, 0.05) is 36.2 Å². The lowest BCUT2D eigenvalue weighted by molar-refractivity contribution is 0.0747. The fourth-order valence-electron chi connectivity index (χ4n) is 3.16. The van der Waals surface area contributed by atoms with E-state index in [-0.39, 0.29) is 5.91 Å². The Balaban J connectivity index is 1.43. The van der Waals surface area contributed by atoms with E-state index in [0.29, 0.717) is 19.7 Å². The van der Waals surface area contributed by atoms with Crippen LogP contribution in [0.2, 0.25) is 0 Å². The third-order valence-electron chi connectivity index (χ3n) is 4.59. The molecule has 1 aliphatic rings. The smallest absolute Gasteiger partial charge is 0.253 e. The number of carbonyl (C=O) groups is 1. The Kier molecular flexibility index (Phi) is 5.31. The zero-order valence-electron chi connectivity index (χ0n) is 15.0. The van der Waals surface area contributed by atoms with E-state index in [0.717, 1.165) is 44.2 Å². The predicted molar refractivity (Wildman–Crippen MR) is 113 cm³/mol. The summed E-state index contributed by atoms with van der Waals surface area (Å²) >= 11 is 5.08. The van der Waals surface area contributed by atoms with Gasteiger partial charge in [-0.05, 0) is 49.4 Å². The first-order chi connectivity index (χ1) is 13.1. The number of halogens is 1. The third kappa shape index (κ3) is 3.94. The molecule has 1 fully saturated rings. The molecule has 27 heavy (non-hydrogen) atoms. The molecule has 3 aromatic rings. The second-order valence-electron chi connectivity index (χ2n) is 6.35. The summed E-state index contributed by atoms with van der Waals surface area (Å²) in [5.74, 6) is 0.970. The van der Waals surface area contributed by atoms with Crippen molar-refractivity contribution in [3.63, 3.8) is 0 Å². The number of thiazole rings is 1. The SMILES string of the molecule is CCOc1ccc2nc(N3CCN(C(=O)c4ccc(Br)cc4)CC3)sc2c1. The van der Waals surface area contributed by atoms with E-state index in [9.17, 15) is 4.79 Å². The number of fused-ring (bicyclic) bond motifs is 1. The van der Waals surface area contributed by atoms with Crippen LogP contribution in [-0.4, -0.2) is 48.6 Å². The zero-order chi connectivity index (χ0) is 18.8. The Labute approximate surface area is 170 Å². The van der Waals surface area contributed by atoms with Crippen LogP contribution in [0.25, 0.3) is 10.2 Å². The quantitative estimate of drug-likeness (QED) is 0.596. The van der Waals surface area contributed by atoms with Gasteiger partial charge < -0.3 is 14.5 Å². The molecule has 1 aromatic heterocycles. The minimum absolute atomic E-state index is 0.0906. The molecule has 1 amide bonds. The highest BCUT2D eigenvalue weighted by Crippen LogP contribution is 2.32. The van der Waals surface area contributed by atoms with Gasteiger partial charge in [0.25, 0.3) is 5.91 Å². The normalized spacial score (nSPS) is 14.6. The Morgan fingerprint density at radius 2 is 1.89 bits per heavy atom. The number of rotatable bonds is 4. The van der Waals surface area contributed by atoms with Gasteiger partial charge in [0.1, 0.15) is 5.75 Å². The third-order valence-corrected chi connectivity index (χ3v) is 6.20. The van der Waals surface area contributed by atoms with Crippen LogP contribution in [0, 0.1) is 0 Å². The van der Waals surface area contributed by atoms with Crippen LogP contribution in [0.5, 0.6) is 5.75 Å². The summed E-state index contributed by atoms with van der Waals surface area (Å²) in [4.78, 5) is 21.6. The van der Waals surface area contributed by atoms with E-state index in [2.05, 4.69) is 20.8 Å². The highest BCUT2D eigenvalue weighted by Gasteiger charge is 2.24. The fourth-order valence-corrected chi connectivity index (χ4v) is 4.47. The van der Waals surface area contributed by atoms with Crippen molar-refractivity contribution < 1.29 is 9.53 Å². The van der Waals surface area contributed by atoms with E-state index < -0.39 is 0 Å². The minimum atomic E-state index is 0.0906. The standard InChI is InChI=1S/C20H20BrN3O2S/c1-2-26-16-7-8-17-18(13-16)27-20(22-17)24-11-9-23(10-12-24)19(25)14-3-5-15(21)6-4-14/h3-8,13H,2,9-12H2,1H3. The number of carbonyl (C=O) groups excluding carboxylic acids is 1. The second-order valence-corrected chi connectivity index (χ2v) is 8.27. The van der Waals surface area contributed by atoms with Crippen LogP contribution in [0.4, 0.5) is 5.13 Å². The first-order valence-electron chi connectivity index (χ1n) is 8.97. The van der Waals surface area contributed by atoms with Crippen LogP contribution >= 0.6 is 27.3 Å². The summed E-state index contributed by atoms with van der Waals surface area (Å²) in [5, 5.41) is 1.01. The number of anilines is 1. The summed E-state index contributed by atoms with van der Waals surface area (Å²) in [6.07, 6.45) is 0. The molecule has 0 spiro atoms. The van der Waals surface area contributed by atoms with Gasteiger partial charge >= 0.3 is 0 Å². The largest absolute Gasteiger partial charge is 0.494 e. The van der Waals surface area contributed by atoms with Crippen LogP contribution in [-0.2, 0) is 0 Å². The molecule has 4 rings (SSSR count). The predicted octanol–water partition coefficient (Wildman–Crippen LogP) is 4.42. The summed E-state index contributed by atoms with van der Waals surface area (Å²) in [6, 6.07) is 13.6. The summed E-state index contributed by atoms with van der Waals surface area (Å²) in [5.41, 5.74) is 1.72. The van der Waals surface area contributed by atoms with Gasteiger partial charge in [0.05, 0.1) is 16.8 Å². The van der Waals surface area contributed by atoms with Crippen molar-refractivity contribution in [3.8, 4) is 5.75 Å².